The van der Waals surface area contributed by atoms with Gasteiger partial charge >= 0.3 is 0 Å². The van der Waals surface area contributed by atoms with E-state index in [1.807, 2.05) is 13.8 Å². The van der Waals surface area contributed by atoms with Gasteiger partial charge in [-0.1, -0.05) is 15.9 Å². The molecule has 0 fully saturated rings. The van der Waals surface area contributed by atoms with Crippen molar-refractivity contribution in [2.75, 3.05) is 11.1 Å². The molecule has 0 spiro atoms. The first-order chi connectivity index (χ1) is 10.4. The van der Waals surface area contributed by atoms with E-state index in [0.717, 1.165) is 20.5 Å². The number of benzene rings is 1. The summed E-state index contributed by atoms with van der Waals surface area (Å²) in [7, 11) is 0. The van der Waals surface area contributed by atoms with Gasteiger partial charge in [0.05, 0.1) is 5.75 Å². The first kappa shape index (κ1) is 17.2. The van der Waals surface area contributed by atoms with Gasteiger partial charge in [0.25, 0.3) is 0 Å². The standard InChI is InChI=1S/C15H15BrN2O2S2/c1-8-5-13(9(2)4-11(8)16)21-7-14(20)18-15-17-12(6-22-15)10(3)19/h4-6H,7H2,1-3H3,(H,17,18,20). The number of hydrogen-bond acceptors (Lipinski definition) is 5. The van der Waals surface area contributed by atoms with Gasteiger partial charge in [0.2, 0.25) is 5.91 Å². The molecule has 2 aromatic rings. The number of nitrogens with zero attached hydrogens (tertiary/aromatic N) is 1. The molecule has 4 nitrogen and oxygen atoms in total. The van der Waals surface area contributed by atoms with Gasteiger partial charge in [0.1, 0.15) is 5.69 Å². The molecule has 0 atom stereocenters. The van der Waals surface area contributed by atoms with Crippen molar-refractivity contribution in [2.45, 2.75) is 25.7 Å². The van der Waals surface area contributed by atoms with Gasteiger partial charge in [-0.25, -0.2) is 4.98 Å². The second-order valence-electron chi connectivity index (χ2n) is 4.80. The summed E-state index contributed by atoms with van der Waals surface area (Å²) in [5.41, 5.74) is 2.65. The average molecular weight is 399 g/mol. The highest BCUT2D eigenvalue weighted by Gasteiger charge is 2.11. The zero-order chi connectivity index (χ0) is 16.3. The molecule has 0 aliphatic rings. The Morgan fingerprint density at radius 2 is 2.05 bits per heavy atom. The summed E-state index contributed by atoms with van der Waals surface area (Å²) in [6.45, 7) is 5.49. The summed E-state index contributed by atoms with van der Waals surface area (Å²) in [5.74, 6) is 0.0678. The molecule has 0 radical (unpaired) electrons. The van der Waals surface area contributed by atoms with Crippen molar-refractivity contribution >= 4 is 55.9 Å². The average Bonchev–Trinajstić information content (AvgIpc) is 2.90. The van der Waals surface area contributed by atoms with Gasteiger partial charge in [0, 0.05) is 21.7 Å². The van der Waals surface area contributed by atoms with Crippen LogP contribution in [-0.2, 0) is 4.79 Å². The molecule has 22 heavy (non-hydrogen) atoms. The first-order valence-electron chi connectivity index (χ1n) is 6.52. The van der Waals surface area contributed by atoms with Crippen LogP contribution in [0.4, 0.5) is 5.13 Å². The molecule has 0 aliphatic carbocycles. The van der Waals surface area contributed by atoms with Crippen LogP contribution in [0.15, 0.2) is 26.9 Å². The lowest BCUT2D eigenvalue weighted by atomic mass is 10.2. The molecule has 116 valence electrons. The third kappa shape index (κ3) is 4.41. The number of aromatic nitrogens is 1. The molecule has 0 unspecified atom stereocenters. The molecule has 0 bridgehead atoms. The summed E-state index contributed by atoms with van der Waals surface area (Å²) < 4.78 is 1.07. The number of anilines is 1. The molecule has 0 aliphatic heterocycles. The molecular weight excluding hydrogens is 384 g/mol. The van der Waals surface area contributed by atoms with Gasteiger partial charge in [-0.15, -0.1) is 23.1 Å². The molecule has 1 aromatic heterocycles. The number of nitrogens with one attached hydrogen (secondary N) is 1. The number of hydrogen-bond donors (Lipinski definition) is 1. The Balaban J connectivity index is 1.95. The zero-order valence-corrected chi connectivity index (χ0v) is 15.6. The van der Waals surface area contributed by atoms with E-state index in [1.165, 1.54) is 30.0 Å². The van der Waals surface area contributed by atoms with E-state index in [-0.39, 0.29) is 11.7 Å². The molecule has 1 N–H and O–H groups in total. The van der Waals surface area contributed by atoms with Crippen LogP contribution in [0, 0.1) is 13.8 Å². The molecule has 1 aromatic carbocycles. The maximum Gasteiger partial charge on any atom is 0.236 e. The highest BCUT2D eigenvalue weighted by molar-refractivity contribution is 9.10. The molecule has 1 amide bonds. The minimum Gasteiger partial charge on any atom is -0.301 e. The van der Waals surface area contributed by atoms with Gasteiger partial charge in [-0.05, 0) is 37.1 Å². The fraction of sp³-hybridized carbons (Fsp3) is 0.267. The number of aryl methyl sites for hydroxylation is 2. The highest BCUT2D eigenvalue weighted by atomic mass is 79.9. The third-order valence-corrected chi connectivity index (χ3v) is 5.70. The quantitative estimate of drug-likeness (QED) is 0.596. The van der Waals surface area contributed by atoms with Crippen LogP contribution in [0.1, 0.15) is 28.5 Å². The Hall–Kier alpha value is -1.18. The van der Waals surface area contributed by atoms with E-state index >= 15 is 0 Å². The minimum atomic E-state index is -0.130. The van der Waals surface area contributed by atoms with E-state index in [1.54, 1.807) is 5.38 Å². The van der Waals surface area contributed by atoms with E-state index in [0.29, 0.717) is 16.6 Å². The van der Waals surface area contributed by atoms with E-state index in [4.69, 9.17) is 0 Å². The second kappa shape index (κ2) is 7.39. The van der Waals surface area contributed by atoms with Crippen LogP contribution in [0.3, 0.4) is 0 Å². The maximum absolute atomic E-state index is 12.0. The van der Waals surface area contributed by atoms with Gasteiger partial charge in [-0.2, -0.15) is 0 Å². The Bertz CT molecular complexity index is 728. The summed E-state index contributed by atoms with van der Waals surface area (Å²) in [6.07, 6.45) is 0. The van der Waals surface area contributed by atoms with Crippen molar-refractivity contribution in [1.82, 2.24) is 4.98 Å². The number of amides is 1. The molecular formula is C15H15BrN2O2S2. The smallest absolute Gasteiger partial charge is 0.236 e. The van der Waals surface area contributed by atoms with Crippen LogP contribution in [0.25, 0.3) is 0 Å². The Morgan fingerprint density at radius 3 is 2.68 bits per heavy atom. The maximum atomic E-state index is 12.0. The summed E-state index contributed by atoms with van der Waals surface area (Å²) in [6, 6.07) is 4.12. The van der Waals surface area contributed by atoms with E-state index < -0.39 is 0 Å². The lowest BCUT2D eigenvalue weighted by Gasteiger charge is -2.08. The largest absolute Gasteiger partial charge is 0.301 e. The number of thiazole rings is 1. The number of Topliss-reactive ketones (excluding diaryl/α,β-unsaturated/α-hetero) is 1. The van der Waals surface area contributed by atoms with Crippen LogP contribution < -0.4 is 5.32 Å². The SMILES string of the molecule is CC(=O)c1csc(NC(=O)CSc2cc(C)c(Br)cc2C)n1. The van der Waals surface area contributed by atoms with Crippen LogP contribution in [0.2, 0.25) is 0 Å². The molecule has 0 saturated heterocycles. The predicted octanol–water partition coefficient (Wildman–Crippen LogP) is 4.46. The van der Waals surface area contributed by atoms with Gasteiger partial charge < -0.3 is 5.32 Å². The first-order valence-corrected chi connectivity index (χ1v) is 9.18. The lowest BCUT2D eigenvalue weighted by molar-refractivity contribution is -0.113. The molecule has 2 rings (SSSR count). The monoisotopic (exact) mass is 398 g/mol. The Labute approximate surface area is 145 Å². The fourth-order valence-corrected chi connectivity index (χ4v) is 3.83. The van der Waals surface area contributed by atoms with Crippen molar-refractivity contribution in [3.8, 4) is 0 Å². The van der Waals surface area contributed by atoms with Gasteiger partial charge in [0.15, 0.2) is 10.9 Å². The summed E-state index contributed by atoms with van der Waals surface area (Å²) in [5, 5.41) is 4.82. The van der Waals surface area contributed by atoms with E-state index in [9.17, 15) is 9.59 Å². The number of rotatable bonds is 5. The van der Waals surface area contributed by atoms with Crippen LogP contribution >= 0.6 is 39.0 Å². The van der Waals surface area contributed by atoms with Crippen molar-refractivity contribution in [2.24, 2.45) is 0 Å². The topological polar surface area (TPSA) is 59.1 Å². The Kier molecular flexibility index (Phi) is 5.77. The third-order valence-electron chi connectivity index (χ3n) is 2.93. The predicted molar refractivity (Wildman–Crippen MR) is 95.1 cm³/mol. The van der Waals surface area contributed by atoms with Crippen LogP contribution in [0.5, 0.6) is 0 Å². The number of carbonyl (C=O) groups excluding carboxylic acids is 2. The summed E-state index contributed by atoms with van der Waals surface area (Å²) >= 11 is 6.24. The minimum absolute atomic E-state index is 0.105. The molecule has 0 saturated carbocycles. The highest BCUT2D eigenvalue weighted by Crippen LogP contribution is 2.28. The number of halogens is 1. The van der Waals surface area contributed by atoms with Crippen molar-refractivity contribution < 1.29 is 9.59 Å². The number of carbonyl (C=O) groups is 2. The number of ketones is 1. The Morgan fingerprint density at radius 1 is 1.32 bits per heavy atom. The zero-order valence-electron chi connectivity index (χ0n) is 12.4. The van der Waals surface area contributed by atoms with Gasteiger partial charge in [-0.3, -0.25) is 9.59 Å². The van der Waals surface area contributed by atoms with Crippen LogP contribution in [-0.4, -0.2) is 22.4 Å². The number of thioether (sulfide) groups is 1. The molecule has 7 heteroatoms. The van der Waals surface area contributed by atoms with E-state index in [2.05, 4.69) is 38.4 Å². The summed E-state index contributed by atoms with van der Waals surface area (Å²) in [4.78, 5) is 28.3. The second-order valence-corrected chi connectivity index (χ2v) is 7.53. The van der Waals surface area contributed by atoms with Crippen molar-refractivity contribution in [3.05, 3.63) is 38.8 Å². The van der Waals surface area contributed by atoms with Crippen molar-refractivity contribution in [3.63, 3.8) is 0 Å². The normalized spacial score (nSPS) is 10.5. The fourth-order valence-electron chi connectivity index (χ4n) is 1.70. The van der Waals surface area contributed by atoms with Crippen molar-refractivity contribution in [1.29, 1.82) is 0 Å². The lowest BCUT2D eigenvalue weighted by Crippen LogP contribution is -2.14. The molecule has 1 heterocycles.